The van der Waals surface area contributed by atoms with Crippen molar-refractivity contribution in [1.29, 1.82) is 0 Å². The van der Waals surface area contributed by atoms with Gasteiger partial charge < -0.3 is 11.1 Å². The second-order valence-corrected chi connectivity index (χ2v) is 4.04. The summed E-state index contributed by atoms with van der Waals surface area (Å²) < 4.78 is 28.4. The number of anilines is 2. The lowest BCUT2D eigenvalue weighted by molar-refractivity contribution is -0.116. The first-order chi connectivity index (χ1) is 8.97. The number of amides is 1. The summed E-state index contributed by atoms with van der Waals surface area (Å²) in [5.41, 5.74) is 5.19. The topological polar surface area (TPSA) is 72.9 Å². The minimum atomic E-state index is -0.823. The number of hydrogen-bond donors (Lipinski definition) is 2. The summed E-state index contributed by atoms with van der Waals surface area (Å²) in [6.07, 6.45) is 1.50. The van der Waals surface area contributed by atoms with Gasteiger partial charge in [0.05, 0.1) is 0 Å². The predicted molar refractivity (Wildman–Crippen MR) is 66.4 cm³/mol. The van der Waals surface area contributed by atoms with Gasteiger partial charge in [-0.15, -0.1) is 0 Å². The quantitative estimate of drug-likeness (QED) is 0.887. The Bertz CT molecular complexity index is 624. The highest BCUT2D eigenvalue weighted by atomic mass is 19.1. The van der Waals surface area contributed by atoms with Gasteiger partial charge in [0.25, 0.3) is 0 Å². The molecule has 0 bridgehead atoms. The highest BCUT2D eigenvalue weighted by Gasteiger charge is 2.14. The molecule has 0 fully saturated rings. The molecule has 2 rings (SSSR count). The molecule has 0 atom stereocenters. The van der Waals surface area contributed by atoms with Crippen molar-refractivity contribution in [1.82, 2.24) is 9.78 Å². The highest BCUT2D eigenvalue weighted by molar-refractivity contribution is 5.90. The average Bonchev–Trinajstić information content (AvgIpc) is 2.75. The zero-order valence-electron chi connectivity index (χ0n) is 10.2. The summed E-state index contributed by atoms with van der Waals surface area (Å²) in [5, 5.41) is 5.99. The standard InChI is InChI=1S/C12H12F2N4O/c1-7-2-3-8(13)12(11(7)14)16-10(19)6-18-5-4-9(15)17-18/h2-5H,6H2,1H3,(H2,15,17)(H,16,19). The number of nitrogens with zero attached hydrogens (tertiary/aromatic N) is 2. The number of benzene rings is 1. The molecular formula is C12H12F2N4O. The fourth-order valence-corrected chi connectivity index (χ4v) is 1.56. The minimum Gasteiger partial charge on any atom is -0.382 e. The predicted octanol–water partition coefficient (Wildman–Crippen LogP) is 1.69. The summed E-state index contributed by atoms with van der Waals surface area (Å²) in [4.78, 5) is 11.7. The molecule has 1 amide bonds. The lowest BCUT2D eigenvalue weighted by Crippen LogP contribution is -2.20. The van der Waals surface area contributed by atoms with E-state index < -0.39 is 23.2 Å². The van der Waals surface area contributed by atoms with E-state index in [1.54, 1.807) is 0 Å². The Kier molecular flexibility index (Phi) is 3.46. The smallest absolute Gasteiger partial charge is 0.246 e. The van der Waals surface area contributed by atoms with Crippen molar-refractivity contribution < 1.29 is 13.6 Å². The Morgan fingerprint density at radius 1 is 1.42 bits per heavy atom. The summed E-state index contributed by atoms with van der Waals surface area (Å²) in [6, 6.07) is 3.91. The van der Waals surface area contributed by atoms with Crippen molar-refractivity contribution in [2.75, 3.05) is 11.1 Å². The van der Waals surface area contributed by atoms with E-state index in [2.05, 4.69) is 10.4 Å². The summed E-state index contributed by atoms with van der Waals surface area (Å²) in [5.74, 6) is -1.93. The van der Waals surface area contributed by atoms with Gasteiger partial charge in [0.15, 0.2) is 5.82 Å². The first-order valence-corrected chi connectivity index (χ1v) is 5.51. The number of halogens is 2. The van der Waals surface area contributed by atoms with Gasteiger partial charge >= 0.3 is 0 Å². The van der Waals surface area contributed by atoms with Crippen LogP contribution in [0.15, 0.2) is 24.4 Å². The number of carbonyl (C=O) groups is 1. The summed E-state index contributed by atoms with van der Waals surface area (Å²) in [6.45, 7) is 1.31. The normalized spacial score (nSPS) is 10.5. The van der Waals surface area contributed by atoms with Gasteiger partial charge in [-0.3, -0.25) is 9.48 Å². The van der Waals surface area contributed by atoms with Gasteiger partial charge in [0.1, 0.15) is 23.9 Å². The minimum absolute atomic E-state index is 0.177. The van der Waals surface area contributed by atoms with Crippen LogP contribution in [-0.2, 0) is 11.3 Å². The van der Waals surface area contributed by atoms with Crippen LogP contribution in [-0.4, -0.2) is 15.7 Å². The van der Waals surface area contributed by atoms with Gasteiger partial charge in [-0.1, -0.05) is 6.07 Å². The maximum Gasteiger partial charge on any atom is 0.246 e. The number of carbonyl (C=O) groups excluding carboxylic acids is 1. The van der Waals surface area contributed by atoms with E-state index in [1.807, 2.05) is 0 Å². The van der Waals surface area contributed by atoms with E-state index in [0.29, 0.717) is 0 Å². The molecule has 1 aromatic carbocycles. The summed E-state index contributed by atoms with van der Waals surface area (Å²) in [7, 11) is 0. The average molecular weight is 266 g/mol. The fourth-order valence-electron chi connectivity index (χ4n) is 1.56. The van der Waals surface area contributed by atoms with E-state index >= 15 is 0 Å². The third-order valence-electron chi connectivity index (χ3n) is 2.52. The van der Waals surface area contributed by atoms with Gasteiger partial charge in [-0.25, -0.2) is 8.78 Å². The fraction of sp³-hybridized carbons (Fsp3) is 0.167. The van der Waals surface area contributed by atoms with Crippen molar-refractivity contribution in [2.45, 2.75) is 13.5 Å². The lowest BCUT2D eigenvalue weighted by Gasteiger charge is -2.09. The van der Waals surface area contributed by atoms with E-state index in [1.165, 1.54) is 29.9 Å². The zero-order valence-corrected chi connectivity index (χ0v) is 10.2. The van der Waals surface area contributed by atoms with Crippen LogP contribution < -0.4 is 11.1 Å². The number of nitrogen functional groups attached to an aromatic ring is 1. The highest BCUT2D eigenvalue weighted by Crippen LogP contribution is 2.21. The molecule has 3 N–H and O–H groups in total. The molecule has 5 nitrogen and oxygen atoms in total. The Hall–Kier alpha value is -2.44. The van der Waals surface area contributed by atoms with Gasteiger partial charge in [0.2, 0.25) is 5.91 Å². The molecule has 0 aliphatic carbocycles. The number of hydrogen-bond acceptors (Lipinski definition) is 3. The van der Waals surface area contributed by atoms with Crippen LogP contribution in [0.2, 0.25) is 0 Å². The molecule has 0 radical (unpaired) electrons. The zero-order chi connectivity index (χ0) is 14.0. The van der Waals surface area contributed by atoms with Crippen molar-refractivity contribution in [2.24, 2.45) is 0 Å². The van der Waals surface area contributed by atoms with E-state index in [4.69, 9.17) is 5.73 Å². The van der Waals surface area contributed by atoms with Gasteiger partial charge in [-0.2, -0.15) is 5.10 Å². The second-order valence-electron chi connectivity index (χ2n) is 4.04. The summed E-state index contributed by atoms with van der Waals surface area (Å²) >= 11 is 0. The number of nitrogens with one attached hydrogen (secondary N) is 1. The Morgan fingerprint density at radius 2 is 2.16 bits per heavy atom. The molecule has 19 heavy (non-hydrogen) atoms. The molecule has 0 spiro atoms. The van der Waals surface area contributed by atoms with Gasteiger partial charge in [-0.05, 0) is 24.6 Å². The van der Waals surface area contributed by atoms with Crippen LogP contribution in [0, 0.1) is 18.6 Å². The number of rotatable bonds is 3. The van der Waals surface area contributed by atoms with E-state index in [0.717, 1.165) is 6.07 Å². The molecule has 0 saturated carbocycles. The van der Waals surface area contributed by atoms with Gasteiger partial charge in [0, 0.05) is 6.20 Å². The largest absolute Gasteiger partial charge is 0.382 e. The molecule has 0 unspecified atom stereocenters. The van der Waals surface area contributed by atoms with Crippen LogP contribution in [0.3, 0.4) is 0 Å². The monoisotopic (exact) mass is 266 g/mol. The molecule has 7 heteroatoms. The van der Waals surface area contributed by atoms with Crippen molar-refractivity contribution >= 4 is 17.4 Å². The van der Waals surface area contributed by atoms with Crippen LogP contribution in [0.4, 0.5) is 20.3 Å². The molecule has 100 valence electrons. The Balaban J connectivity index is 2.13. The van der Waals surface area contributed by atoms with Crippen LogP contribution in [0.1, 0.15) is 5.56 Å². The molecule has 0 aliphatic heterocycles. The van der Waals surface area contributed by atoms with E-state index in [-0.39, 0.29) is 17.9 Å². The van der Waals surface area contributed by atoms with Crippen molar-refractivity contribution in [3.8, 4) is 0 Å². The van der Waals surface area contributed by atoms with Crippen molar-refractivity contribution in [3.05, 3.63) is 41.6 Å². The Morgan fingerprint density at radius 3 is 2.79 bits per heavy atom. The SMILES string of the molecule is Cc1ccc(F)c(NC(=O)Cn2ccc(N)n2)c1F. The number of nitrogens with two attached hydrogens (primary N) is 1. The molecule has 1 aromatic heterocycles. The first kappa shape index (κ1) is 13.0. The maximum absolute atomic E-state index is 13.7. The second kappa shape index (κ2) is 5.05. The third kappa shape index (κ3) is 2.87. The first-order valence-electron chi connectivity index (χ1n) is 5.51. The van der Waals surface area contributed by atoms with Crippen LogP contribution in [0.25, 0.3) is 0 Å². The van der Waals surface area contributed by atoms with Crippen molar-refractivity contribution in [3.63, 3.8) is 0 Å². The molecular weight excluding hydrogens is 254 g/mol. The molecule has 2 aromatic rings. The maximum atomic E-state index is 13.7. The Labute approximate surface area is 108 Å². The molecule has 0 aliphatic rings. The number of aryl methyl sites for hydroxylation is 1. The lowest BCUT2D eigenvalue weighted by atomic mass is 10.2. The molecule has 0 saturated heterocycles. The van der Waals surface area contributed by atoms with Crippen LogP contribution in [0.5, 0.6) is 0 Å². The van der Waals surface area contributed by atoms with Crippen LogP contribution >= 0.6 is 0 Å². The third-order valence-corrected chi connectivity index (χ3v) is 2.52. The molecule has 1 heterocycles. The number of aromatic nitrogens is 2. The van der Waals surface area contributed by atoms with E-state index in [9.17, 15) is 13.6 Å².